The number of benzene rings is 2. The second-order valence-corrected chi connectivity index (χ2v) is 5.93. The number of aromatic nitrogens is 2. The van der Waals surface area contributed by atoms with Crippen molar-refractivity contribution in [3.8, 4) is 11.3 Å². The van der Waals surface area contributed by atoms with E-state index in [0.717, 1.165) is 11.3 Å². The van der Waals surface area contributed by atoms with Crippen molar-refractivity contribution in [1.29, 1.82) is 0 Å². The van der Waals surface area contributed by atoms with Gasteiger partial charge in [0.25, 0.3) is 0 Å². The summed E-state index contributed by atoms with van der Waals surface area (Å²) >= 11 is 11.0. The Morgan fingerprint density at radius 2 is 1.88 bits per heavy atom. The molecule has 0 aliphatic carbocycles. The highest BCUT2D eigenvalue weighted by molar-refractivity contribution is 7.80. The molecule has 0 amide bonds. The maximum atomic E-state index is 5.98. The van der Waals surface area contributed by atoms with E-state index < -0.39 is 0 Å². The van der Waals surface area contributed by atoms with Crippen molar-refractivity contribution in [2.24, 2.45) is 16.0 Å². The van der Waals surface area contributed by atoms with Crippen molar-refractivity contribution in [3.63, 3.8) is 0 Å². The number of nitrogens with two attached hydrogens (primary N) is 1. The molecule has 7 heteroatoms. The lowest BCUT2D eigenvalue weighted by atomic mass is 10.1. The zero-order valence-electron chi connectivity index (χ0n) is 12.8. The van der Waals surface area contributed by atoms with Gasteiger partial charge in [-0.25, -0.2) is 4.68 Å². The van der Waals surface area contributed by atoms with Crippen molar-refractivity contribution in [3.05, 3.63) is 65.3 Å². The third-order valence-electron chi connectivity index (χ3n) is 3.41. The Balaban J connectivity index is 2.10. The van der Waals surface area contributed by atoms with Gasteiger partial charge in [0.05, 0.1) is 11.4 Å². The average Bonchev–Trinajstić information content (AvgIpc) is 2.91. The van der Waals surface area contributed by atoms with Gasteiger partial charge in [0.15, 0.2) is 5.11 Å². The van der Waals surface area contributed by atoms with Crippen LogP contribution in [-0.4, -0.2) is 14.9 Å². The Kier molecular flexibility index (Phi) is 4.69. The van der Waals surface area contributed by atoms with E-state index in [4.69, 9.17) is 29.6 Å². The summed E-state index contributed by atoms with van der Waals surface area (Å²) in [5.74, 6) is 0. The Bertz CT molecular complexity index is 918. The molecule has 2 N–H and O–H groups in total. The van der Waals surface area contributed by atoms with Crippen LogP contribution in [-0.2, 0) is 0 Å². The van der Waals surface area contributed by atoms with Gasteiger partial charge in [0.2, 0.25) is 0 Å². The molecule has 0 radical (unpaired) electrons. The maximum Gasteiger partial charge on any atom is 0.191 e. The molecule has 0 atom stereocenters. The van der Waals surface area contributed by atoms with Crippen LogP contribution < -0.4 is 5.73 Å². The first kappa shape index (κ1) is 16.3. The van der Waals surface area contributed by atoms with E-state index in [9.17, 15) is 0 Å². The van der Waals surface area contributed by atoms with Gasteiger partial charge in [-0.05, 0) is 37.3 Å². The highest BCUT2D eigenvalue weighted by Gasteiger charge is 2.17. The predicted octanol–water partition coefficient (Wildman–Crippen LogP) is 5.02. The summed E-state index contributed by atoms with van der Waals surface area (Å²) in [5.41, 5.74) is 9.33. The molecule has 120 valence electrons. The van der Waals surface area contributed by atoms with Gasteiger partial charge in [0, 0.05) is 10.6 Å². The van der Waals surface area contributed by atoms with Gasteiger partial charge in [0.1, 0.15) is 11.4 Å². The van der Waals surface area contributed by atoms with Crippen LogP contribution in [0.25, 0.3) is 11.3 Å². The van der Waals surface area contributed by atoms with Crippen LogP contribution in [0.15, 0.2) is 64.8 Å². The number of rotatable bonds is 3. The molecular weight excluding hydrogens is 342 g/mol. The van der Waals surface area contributed by atoms with Crippen LogP contribution in [0.3, 0.4) is 0 Å². The van der Waals surface area contributed by atoms with Gasteiger partial charge < -0.3 is 5.73 Å². The lowest BCUT2D eigenvalue weighted by Crippen LogP contribution is -2.21. The van der Waals surface area contributed by atoms with Crippen LogP contribution in [0.4, 0.5) is 11.4 Å². The first-order chi connectivity index (χ1) is 11.6. The third-order valence-corrected chi connectivity index (χ3v) is 3.82. The van der Waals surface area contributed by atoms with E-state index in [1.54, 1.807) is 12.1 Å². The monoisotopic (exact) mass is 355 g/mol. The first-order valence-corrected chi connectivity index (χ1v) is 7.97. The Hall–Kier alpha value is -2.57. The Labute approximate surface area is 149 Å². The van der Waals surface area contributed by atoms with Crippen molar-refractivity contribution in [2.75, 3.05) is 0 Å². The molecule has 0 spiro atoms. The maximum absolute atomic E-state index is 5.98. The van der Waals surface area contributed by atoms with E-state index in [1.165, 1.54) is 4.68 Å². The van der Waals surface area contributed by atoms with Gasteiger partial charge in [-0.1, -0.05) is 48.0 Å². The number of hydrogen-bond donors (Lipinski definition) is 1. The average molecular weight is 356 g/mol. The molecule has 3 aromatic rings. The number of nitrogens with zero attached hydrogens (tertiary/aromatic N) is 4. The minimum absolute atomic E-state index is 0.161. The van der Waals surface area contributed by atoms with Gasteiger partial charge in [-0.3, -0.25) is 0 Å². The molecule has 24 heavy (non-hydrogen) atoms. The van der Waals surface area contributed by atoms with Crippen molar-refractivity contribution in [2.45, 2.75) is 6.92 Å². The molecule has 0 saturated carbocycles. The molecule has 0 aliphatic heterocycles. The zero-order valence-corrected chi connectivity index (χ0v) is 14.4. The fourth-order valence-corrected chi connectivity index (χ4v) is 2.63. The molecule has 2 aromatic carbocycles. The van der Waals surface area contributed by atoms with Crippen LogP contribution in [0.5, 0.6) is 0 Å². The minimum Gasteiger partial charge on any atom is -0.374 e. The first-order valence-electron chi connectivity index (χ1n) is 7.18. The number of halogens is 1. The predicted molar refractivity (Wildman–Crippen MR) is 100 cm³/mol. The molecule has 3 rings (SSSR count). The van der Waals surface area contributed by atoms with E-state index in [-0.39, 0.29) is 5.11 Å². The highest BCUT2D eigenvalue weighted by atomic mass is 35.5. The van der Waals surface area contributed by atoms with Crippen LogP contribution >= 0.6 is 23.8 Å². The number of thiocarbonyl (C=S) groups is 1. The normalized spacial score (nSPS) is 11.1. The lowest BCUT2D eigenvalue weighted by molar-refractivity contribution is 0.906. The van der Waals surface area contributed by atoms with Crippen LogP contribution in [0, 0.1) is 6.92 Å². The number of azo groups is 1. The van der Waals surface area contributed by atoms with Gasteiger partial charge >= 0.3 is 0 Å². The van der Waals surface area contributed by atoms with Gasteiger partial charge in [-0.2, -0.15) is 10.2 Å². The standard InChI is InChI=1S/C17H14ClN5S/c1-11-15(21-20-14-9-5-8-13(18)10-14)16(22-23(11)17(19)24)12-6-3-2-4-7-12/h2-10H,1H3,(H2,19,24). The van der Waals surface area contributed by atoms with Crippen LogP contribution in [0.2, 0.25) is 5.02 Å². The van der Waals surface area contributed by atoms with Crippen LogP contribution in [0.1, 0.15) is 5.69 Å². The lowest BCUT2D eigenvalue weighted by Gasteiger charge is -1.99. The third kappa shape index (κ3) is 3.34. The Morgan fingerprint density at radius 1 is 1.12 bits per heavy atom. The molecule has 0 bridgehead atoms. The molecule has 1 aromatic heterocycles. The fraction of sp³-hybridized carbons (Fsp3) is 0.0588. The Morgan fingerprint density at radius 3 is 2.54 bits per heavy atom. The topological polar surface area (TPSA) is 68.6 Å². The summed E-state index contributed by atoms with van der Waals surface area (Å²) in [6, 6.07) is 16.9. The molecule has 0 aliphatic rings. The second-order valence-electron chi connectivity index (χ2n) is 5.08. The van der Waals surface area contributed by atoms with E-state index in [2.05, 4.69) is 15.3 Å². The van der Waals surface area contributed by atoms with E-state index in [0.29, 0.717) is 22.1 Å². The van der Waals surface area contributed by atoms with E-state index in [1.807, 2.05) is 49.4 Å². The quantitative estimate of drug-likeness (QED) is 0.529. The van der Waals surface area contributed by atoms with Crippen molar-refractivity contribution >= 4 is 40.3 Å². The zero-order chi connectivity index (χ0) is 17.1. The molecule has 0 saturated heterocycles. The largest absolute Gasteiger partial charge is 0.374 e. The molecule has 0 fully saturated rings. The summed E-state index contributed by atoms with van der Waals surface area (Å²) in [5, 5.41) is 13.9. The van der Waals surface area contributed by atoms with Crippen molar-refractivity contribution in [1.82, 2.24) is 9.78 Å². The second kappa shape index (κ2) is 6.90. The molecule has 0 unspecified atom stereocenters. The fourth-order valence-electron chi connectivity index (χ4n) is 2.26. The summed E-state index contributed by atoms with van der Waals surface area (Å²) in [6.07, 6.45) is 0. The number of hydrogen-bond acceptors (Lipinski definition) is 4. The SMILES string of the molecule is Cc1c(N=Nc2cccc(Cl)c2)c(-c2ccccc2)nn1C(N)=S. The summed E-state index contributed by atoms with van der Waals surface area (Å²) in [7, 11) is 0. The smallest absolute Gasteiger partial charge is 0.191 e. The van der Waals surface area contributed by atoms with Crippen molar-refractivity contribution < 1.29 is 0 Å². The summed E-state index contributed by atoms with van der Waals surface area (Å²) in [4.78, 5) is 0. The van der Waals surface area contributed by atoms with Gasteiger partial charge in [-0.15, -0.1) is 5.11 Å². The summed E-state index contributed by atoms with van der Waals surface area (Å²) < 4.78 is 1.49. The minimum atomic E-state index is 0.161. The highest BCUT2D eigenvalue weighted by Crippen LogP contribution is 2.33. The van der Waals surface area contributed by atoms with E-state index >= 15 is 0 Å². The molecular formula is C17H14ClN5S. The summed E-state index contributed by atoms with van der Waals surface area (Å²) in [6.45, 7) is 1.85. The molecule has 1 heterocycles. The molecule has 5 nitrogen and oxygen atoms in total.